The first-order valence-electron chi connectivity index (χ1n) is 13.3. The van der Waals surface area contributed by atoms with Crippen molar-refractivity contribution in [3.63, 3.8) is 0 Å². The molecule has 0 aliphatic rings. The van der Waals surface area contributed by atoms with E-state index >= 15 is 0 Å². The molecule has 12 heteroatoms. The van der Waals surface area contributed by atoms with Gasteiger partial charge in [-0.15, -0.1) is 11.8 Å². The molecule has 0 spiro atoms. The number of carbonyl (C=O) groups excluding carboxylic acids is 1. The molecule has 0 bridgehead atoms. The predicted molar refractivity (Wildman–Crippen MR) is 172 cm³/mol. The molecule has 4 aromatic rings. The summed E-state index contributed by atoms with van der Waals surface area (Å²) < 4.78 is 62.6. The van der Waals surface area contributed by atoms with Crippen LogP contribution in [0.3, 0.4) is 0 Å². The lowest BCUT2D eigenvalue weighted by atomic mass is 10.1. The number of thioether (sulfide) groups is 1. The van der Waals surface area contributed by atoms with Gasteiger partial charge in [-0.3, -0.25) is 13.8 Å². The van der Waals surface area contributed by atoms with Gasteiger partial charge in [0, 0.05) is 10.6 Å². The number of anilines is 3. The molecule has 0 atom stereocenters. The molecule has 4 aromatic carbocycles. The van der Waals surface area contributed by atoms with Crippen molar-refractivity contribution in [2.75, 3.05) is 33.8 Å². The molecule has 226 valence electrons. The summed E-state index contributed by atoms with van der Waals surface area (Å²) in [5.74, 6) is -0.0399. The highest BCUT2D eigenvalue weighted by Crippen LogP contribution is 2.28. The minimum atomic E-state index is -4.12. The first kappa shape index (κ1) is 31.9. The number of nitrogens with one attached hydrogen (secondary N) is 2. The Morgan fingerprint density at radius 2 is 1.40 bits per heavy atom. The van der Waals surface area contributed by atoms with E-state index in [1.54, 1.807) is 36.4 Å². The molecular weight excluding hydrogens is 607 g/mol. The SMILES string of the molecule is CCOc1ccc(N(CC(=O)Nc2ccc(S(=O)(=O)Nc3c(C)cccc3C)cc2)S(=O)(=O)c2ccc(SC)cc2)cc1. The number of benzene rings is 4. The Morgan fingerprint density at radius 1 is 0.814 bits per heavy atom. The van der Waals surface area contributed by atoms with Gasteiger partial charge in [0.25, 0.3) is 20.0 Å². The van der Waals surface area contributed by atoms with E-state index in [-0.39, 0.29) is 15.5 Å². The van der Waals surface area contributed by atoms with Gasteiger partial charge in [-0.2, -0.15) is 0 Å². The van der Waals surface area contributed by atoms with Crippen molar-refractivity contribution in [1.82, 2.24) is 0 Å². The Bertz CT molecular complexity index is 1770. The van der Waals surface area contributed by atoms with Crippen molar-refractivity contribution in [3.05, 3.63) is 102 Å². The van der Waals surface area contributed by atoms with Gasteiger partial charge < -0.3 is 10.1 Å². The molecule has 2 N–H and O–H groups in total. The standard InChI is InChI=1S/C31H33N3O6S3/c1-5-40-26-13-11-25(12-14-26)34(43(38,39)29-19-15-27(41-4)16-20-29)21-30(35)32-24-9-17-28(18-10-24)42(36,37)33-31-22(2)7-6-8-23(31)3/h6-20,33H,5,21H2,1-4H3,(H,32,35). The first-order valence-corrected chi connectivity index (χ1v) is 17.5. The van der Waals surface area contributed by atoms with Crippen LogP contribution in [-0.2, 0) is 24.8 Å². The molecular formula is C31H33N3O6S3. The summed E-state index contributed by atoms with van der Waals surface area (Å²) >= 11 is 1.49. The predicted octanol–water partition coefficient (Wildman–Crippen LogP) is 6.06. The monoisotopic (exact) mass is 639 g/mol. The zero-order chi connectivity index (χ0) is 31.2. The lowest BCUT2D eigenvalue weighted by Crippen LogP contribution is -2.38. The van der Waals surface area contributed by atoms with E-state index in [1.165, 1.54) is 48.2 Å². The second-order valence-corrected chi connectivity index (χ2v) is 14.0. The Balaban J connectivity index is 1.55. The summed E-state index contributed by atoms with van der Waals surface area (Å²) in [7, 11) is -8.00. The molecule has 0 aliphatic carbocycles. The van der Waals surface area contributed by atoms with Crippen LogP contribution in [0.15, 0.2) is 106 Å². The normalized spacial score (nSPS) is 11.5. The first-order chi connectivity index (χ1) is 20.4. The van der Waals surface area contributed by atoms with Crippen molar-refractivity contribution < 1.29 is 26.4 Å². The summed E-state index contributed by atoms with van der Waals surface area (Å²) in [6, 6.07) is 24.0. The van der Waals surface area contributed by atoms with E-state index in [4.69, 9.17) is 4.74 Å². The van der Waals surface area contributed by atoms with Gasteiger partial charge in [-0.25, -0.2) is 16.8 Å². The molecule has 0 radical (unpaired) electrons. The molecule has 0 unspecified atom stereocenters. The second-order valence-electron chi connectivity index (χ2n) is 9.56. The molecule has 0 fully saturated rings. The lowest BCUT2D eigenvalue weighted by Gasteiger charge is -2.24. The van der Waals surface area contributed by atoms with Crippen LogP contribution in [0.4, 0.5) is 17.1 Å². The van der Waals surface area contributed by atoms with Crippen LogP contribution in [0, 0.1) is 13.8 Å². The molecule has 4 rings (SSSR count). The fourth-order valence-electron chi connectivity index (χ4n) is 4.28. The third-order valence-electron chi connectivity index (χ3n) is 6.54. The number of sulfonamides is 2. The topological polar surface area (TPSA) is 122 Å². The second kappa shape index (κ2) is 13.5. The Kier molecular flexibility index (Phi) is 10.0. The van der Waals surface area contributed by atoms with E-state index in [9.17, 15) is 21.6 Å². The zero-order valence-corrected chi connectivity index (χ0v) is 26.6. The average molecular weight is 640 g/mol. The minimum Gasteiger partial charge on any atom is -0.494 e. The number of hydrogen-bond donors (Lipinski definition) is 2. The fraction of sp³-hybridized carbons (Fsp3) is 0.194. The van der Waals surface area contributed by atoms with Crippen LogP contribution in [0.25, 0.3) is 0 Å². The molecule has 0 aromatic heterocycles. The van der Waals surface area contributed by atoms with Crippen molar-refractivity contribution in [2.45, 2.75) is 35.5 Å². The number of amides is 1. The van der Waals surface area contributed by atoms with E-state index in [2.05, 4.69) is 10.0 Å². The fourth-order valence-corrected chi connectivity index (χ4v) is 7.31. The van der Waals surface area contributed by atoms with Crippen LogP contribution in [-0.4, -0.2) is 42.2 Å². The van der Waals surface area contributed by atoms with E-state index < -0.39 is 32.5 Å². The number of hydrogen-bond acceptors (Lipinski definition) is 7. The number of rotatable bonds is 12. The summed E-state index contributed by atoms with van der Waals surface area (Å²) in [6.07, 6.45) is 1.89. The maximum Gasteiger partial charge on any atom is 0.264 e. The molecule has 9 nitrogen and oxygen atoms in total. The summed E-state index contributed by atoms with van der Waals surface area (Å²) in [6.45, 7) is 5.41. The van der Waals surface area contributed by atoms with Crippen LogP contribution in [0.1, 0.15) is 18.1 Å². The lowest BCUT2D eigenvalue weighted by molar-refractivity contribution is -0.114. The van der Waals surface area contributed by atoms with Gasteiger partial charge in [0.2, 0.25) is 5.91 Å². The van der Waals surface area contributed by atoms with Gasteiger partial charge in [0.1, 0.15) is 12.3 Å². The third-order valence-corrected chi connectivity index (χ3v) is 10.4. The summed E-state index contributed by atoms with van der Waals surface area (Å²) in [5.41, 5.74) is 2.69. The zero-order valence-electron chi connectivity index (χ0n) is 24.2. The highest BCUT2D eigenvalue weighted by Gasteiger charge is 2.27. The number of aryl methyl sites for hydroxylation is 2. The molecule has 0 saturated carbocycles. The highest BCUT2D eigenvalue weighted by atomic mass is 32.2. The smallest absolute Gasteiger partial charge is 0.264 e. The Hall–Kier alpha value is -4.00. The quantitative estimate of drug-likeness (QED) is 0.181. The minimum absolute atomic E-state index is 0.0143. The van der Waals surface area contributed by atoms with Crippen LogP contribution >= 0.6 is 11.8 Å². The van der Waals surface area contributed by atoms with Crippen LogP contribution in [0.5, 0.6) is 5.75 Å². The van der Waals surface area contributed by atoms with E-state index in [0.717, 1.165) is 20.3 Å². The maximum atomic E-state index is 13.7. The van der Waals surface area contributed by atoms with Crippen LogP contribution in [0.2, 0.25) is 0 Å². The van der Waals surface area contributed by atoms with Gasteiger partial charge >= 0.3 is 0 Å². The largest absolute Gasteiger partial charge is 0.494 e. The average Bonchev–Trinajstić information content (AvgIpc) is 2.99. The number of nitrogens with zero attached hydrogens (tertiary/aromatic N) is 1. The Morgan fingerprint density at radius 3 is 1.95 bits per heavy atom. The van der Waals surface area contributed by atoms with Crippen molar-refractivity contribution >= 4 is 54.8 Å². The van der Waals surface area contributed by atoms with Gasteiger partial charge in [-0.1, -0.05) is 18.2 Å². The van der Waals surface area contributed by atoms with E-state index in [1.807, 2.05) is 45.2 Å². The van der Waals surface area contributed by atoms with Crippen molar-refractivity contribution in [3.8, 4) is 5.75 Å². The molecule has 0 heterocycles. The van der Waals surface area contributed by atoms with Crippen molar-refractivity contribution in [1.29, 1.82) is 0 Å². The molecule has 1 amide bonds. The summed E-state index contributed by atoms with van der Waals surface area (Å²) in [5, 5.41) is 2.67. The summed E-state index contributed by atoms with van der Waals surface area (Å²) in [4.78, 5) is 14.1. The number of ether oxygens (including phenoxy) is 1. The Labute approximate surface area is 257 Å². The maximum absolute atomic E-state index is 13.7. The van der Waals surface area contributed by atoms with Crippen molar-refractivity contribution in [2.24, 2.45) is 0 Å². The van der Waals surface area contributed by atoms with Crippen LogP contribution < -0.4 is 19.1 Å². The van der Waals surface area contributed by atoms with Gasteiger partial charge in [-0.05, 0) is 111 Å². The van der Waals surface area contributed by atoms with E-state index in [0.29, 0.717) is 23.7 Å². The third kappa shape index (κ3) is 7.70. The molecule has 0 saturated heterocycles. The number of carbonyl (C=O) groups is 1. The van der Waals surface area contributed by atoms with Gasteiger partial charge in [0.05, 0.1) is 27.8 Å². The van der Waals surface area contributed by atoms with Gasteiger partial charge in [0.15, 0.2) is 0 Å². The number of para-hydroxylation sites is 1. The molecule has 0 aliphatic heterocycles. The highest BCUT2D eigenvalue weighted by molar-refractivity contribution is 7.98. The molecule has 43 heavy (non-hydrogen) atoms.